The van der Waals surface area contributed by atoms with Gasteiger partial charge in [-0.25, -0.2) is 5.43 Å². The molecule has 0 aromatic heterocycles. The number of methoxy groups -OCH3 is 3. The molecule has 0 saturated carbocycles. The van der Waals surface area contributed by atoms with Crippen LogP contribution in [0, 0.1) is 3.57 Å². The van der Waals surface area contributed by atoms with E-state index in [0.717, 1.165) is 28.1 Å². The molecule has 0 radical (unpaired) electrons. The topological polar surface area (TPSA) is 72.4 Å². The zero-order valence-electron chi connectivity index (χ0n) is 16.7. The predicted molar refractivity (Wildman–Crippen MR) is 122 cm³/mol. The van der Waals surface area contributed by atoms with Gasteiger partial charge >= 0.3 is 0 Å². The van der Waals surface area contributed by atoms with Crippen molar-refractivity contribution in [2.45, 2.75) is 12.8 Å². The number of hydrazone groups is 1. The number of rotatable bonds is 7. The normalized spacial score (nSPS) is 13.6. The zero-order valence-corrected chi connectivity index (χ0v) is 18.9. The summed E-state index contributed by atoms with van der Waals surface area (Å²) in [7, 11) is 4.83. The fourth-order valence-electron chi connectivity index (χ4n) is 3.24. The van der Waals surface area contributed by atoms with Crippen molar-refractivity contribution in [1.82, 2.24) is 5.43 Å². The third-order valence-corrected chi connectivity index (χ3v) is 5.65. The first kappa shape index (κ1) is 21.2. The molecule has 1 saturated heterocycles. The van der Waals surface area contributed by atoms with Gasteiger partial charge in [0.05, 0.1) is 36.8 Å². The van der Waals surface area contributed by atoms with E-state index in [2.05, 4.69) is 38.0 Å². The highest BCUT2D eigenvalue weighted by molar-refractivity contribution is 14.1. The monoisotopic (exact) mass is 509 g/mol. The lowest BCUT2D eigenvalue weighted by atomic mass is 10.1. The van der Waals surface area contributed by atoms with Crippen LogP contribution in [0.2, 0.25) is 0 Å². The summed E-state index contributed by atoms with van der Waals surface area (Å²) in [5, 5.41) is 4.09. The van der Waals surface area contributed by atoms with Gasteiger partial charge in [-0.1, -0.05) is 0 Å². The summed E-state index contributed by atoms with van der Waals surface area (Å²) in [5.74, 6) is 1.74. The molecule has 29 heavy (non-hydrogen) atoms. The van der Waals surface area contributed by atoms with Crippen LogP contribution in [0.4, 0.5) is 5.69 Å². The highest BCUT2D eigenvalue weighted by Crippen LogP contribution is 2.36. The number of halogens is 1. The highest BCUT2D eigenvalue weighted by Gasteiger charge is 2.19. The third-order valence-electron chi connectivity index (χ3n) is 4.76. The molecule has 1 aliphatic rings. The Labute approximate surface area is 184 Å². The maximum Gasteiger partial charge on any atom is 0.271 e. The molecule has 1 amide bonds. The largest absolute Gasteiger partial charge is 0.496 e. The van der Waals surface area contributed by atoms with Crippen LogP contribution in [0.3, 0.4) is 0 Å². The number of nitrogens with one attached hydrogen (secondary N) is 1. The number of anilines is 1. The molecule has 0 atom stereocenters. The molecule has 0 spiro atoms. The predicted octanol–water partition coefficient (Wildman–Crippen LogP) is 3.68. The van der Waals surface area contributed by atoms with Gasteiger partial charge in [-0.3, -0.25) is 4.79 Å². The first-order valence-corrected chi connectivity index (χ1v) is 10.3. The van der Waals surface area contributed by atoms with Crippen molar-refractivity contribution in [3.8, 4) is 17.2 Å². The van der Waals surface area contributed by atoms with Gasteiger partial charge < -0.3 is 19.1 Å². The van der Waals surface area contributed by atoms with E-state index >= 15 is 0 Å². The molecule has 2 aromatic carbocycles. The number of hydrogen-bond donors (Lipinski definition) is 1. The fourth-order valence-corrected chi connectivity index (χ4v) is 3.79. The summed E-state index contributed by atoms with van der Waals surface area (Å²) in [5.41, 5.74) is 4.73. The number of nitrogens with zero attached hydrogens (tertiary/aromatic N) is 2. The minimum absolute atomic E-state index is 0.324. The molecule has 2 aromatic rings. The van der Waals surface area contributed by atoms with Crippen molar-refractivity contribution in [2.24, 2.45) is 5.10 Å². The smallest absolute Gasteiger partial charge is 0.271 e. The van der Waals surface area contributed by atoms with E-state index in [1.54, 1.807) is 39.7 Å². The fraction of sp³-hybridized carbons (Fsp3) is 0.333. The van der Waals surface area contributed by atoms with Crippen LogP contribution >= 0.6 is 22.6 Å². The van der Waals surface area contributed by atoms with E-state index in [1.807, 2.05) is 18.2 Å². The summed E-state index contributed by atoms with van der Waals surface area (Å²) in [4.78, 5) is 14.7. The van der Waals surface area contributed by atoms with Gasteiger partial charge in [0.25, 0.3) is 5.91 Å². The van der Waals surface area contributed by atoms with E-state index in [1.165, 1.54) is 12.8 Å². The van der Waals surface area contributed by atoms with Crippen molar-refractivity contribution < 1.29 is 19.0 Å². The molecule has 1 fully saturated rings. The van der Waals surface area contributed by atoms with E-state index in [9.17, 15) is 4.79 Å². The average molecular weight is 509 g/mol. The van der Waals surface area contributed by atoms with Crippen LogP contribution in [-0.2, 0) is 0 Å². The van der Waals surface area contributed by atoms with Gasteiger partial charge in [-0.05, 0) is 59.7 Å². The van der Waals surface area contributed by atoms with E-state index in [-0.39, 0.29) is 5.91 Å². The Morgan fingerprint density at radius 3 is 2.38 bits per heavy atom. The number of hydrogen-bond acceptors (Lipinski definition) is 6. The first-order chi connectivity index (χ1) is 14.1. The summed E-state index contributed by atoms with van der Waals surface area (Å²) < 4.78 is 17.3. The molecule has 3 rings (SSSR count). The van der Waals surface area contributed by atoms with Crippen molar-refractivity contribution in [1.29, 1.82) is 0 Å². The number of carbonyl (C=O) groups excluding carboxylic acids is 1. The molecule has 1 aliphatic heterocycles. The minimum Gasteiger partial charge on any atom is -0.496 e. The Morgan fingerprint density at radius 1 is 1.03 bits per heavy atom. The lowest BCUT2D eigenvalue weighted by Gasteiger charge is -2.22. The minimum atomic E-state index is -0.324. The first-order valence-electron chi connectivity index (χ1n) is 9.25. The van der Waals surface area contributed by atoms with Gasteiger partial charge in [0.15, 0.2) is 0 Å². The standard InChI is InChI=1S/C21H24IN3O4/c1-27-18-12-17(25-8-4-5-9-25)20(29-3)11-15(18)13-23-24-21(26)14-6-7-16(22)19(10-14)28-2/h6-7,10-13H,4-5,8-9H2,1-3H3,(H,24,26)/b23-13+. The summed E-state index contributed by atoms with van der Waals surface area (Å²) in [6.45, 7) is 2.00. The van der Waals surface area contributed by atoms with Crippen LogP contribution in [0.1, 0.15) is 28.8 Å². The molecule has 7 nitrogen and oxygen atoms in total. The summed E-state index contributed by atoms with van der Waals surface area (Å²) in [6.07, 6.45) is 3.89. The Bertz CT molecular complexity index is 911. The third kappa shape index (κ3) is 4.92. The quantitative estimate of drug-likeness (QED) is 0.351. The number of amides is 1. The number of benzene rings is 2. The molecule has 1 N–H and O–H groups in total. The molecule has 8 heteroatoms. The highest BCUT2D eigenvalue weighted by atomic mass is 127. The molecule has 0 bridgehead atoms. The molecule has 0 unspecified atom stereocenters. The molecule has 154 valence electrons. The maximum atomic E-state index is 12.4. The van der Waals surface area contributed by atoms with Gasteiger partial charge in [0.2, 0.25) is 0 Å². The Balaban J connectivity index is 1.78. The summed E-state index contributed by atoms with van der Waals surface area (Å²) in [6, 6.07) is 9.06. The average Bonchev–Trinajstić information content (AvgIpc) is 3.28. The molecular weight excluding hydrogens is 485 g/mol. The maximum absolute atomic E-state index is 12.4. The van der Waals surface area contributed by atoms with Gasteiger partial charge in [0, 0.05) is 30.3 Å². The van der Waals surface area contributed by atoms with Crippen LogP contribution in [0.25, 0.3) is 0 Å². The van der Waals surface area contributed by atoms with Gasteiger partial charge in [0.1, 0.15) is 17.2 Å². The van der Waals surface area contributed by atoms with Crippen molar-refractivity contribution in [2.75, 3.05) is 39.3 Å². The Kier molecular flexibility index (Phi) is 7.18. The van der Waals surface area contributed by atoms with Gasteiger partial charge in [-0.2, -0.15) is 5.10 Å². The molecule has 0 aliphatic carbocycles. The van der Waals surface area contributed by atoms with E-state index < -0.39 is 0 Å². The van der Waals surface area contributed by atoms with Crippen molar-refractivity contribution in [3.05, 3.63) is 45.0 Å². The summed E-state index contributed by atoms with van der Waals surface area (Å²) >= 11 is 2.15. The molecular formula is C21H24IN3O4. The second-order valence-corrected chi connectivity index (χ2v) is 7.67. The van der Waals surface area contributed by atoms with Crippen LogP contribution in [0.15, 0.2) is 35.4 Å². The second-order valence-electron chi connectivity index (χ2n) is 6.51. The van der Waals surface area contributed by atoms with Crippen LogP contribution < -0.4 is 24.5 Å². The zero-order chi connectivity index (χ0) is 20.8. The van der Waals surface area contributed by atoms with Crippen LogP contribution in [-0.4, -0.2) is 46.5 Å². The van der Waals surface area contributed by atoms with E-state index in [0.29, 0.717) is 22.6 Å². The lowest BCUT2D eigenvalue weighted by Crippen LogP contribution is -2.19. The van der Waals surface area contributed by atoms with E-state index in [4.69, 9.17) is 14.2 Å². The van der Waals surface area contributed by atoms with Crippen molar-refractivity contribution in [3.63, 3.8) is 0 Å². The lowest BCUT2D eigenvalue weighted by molar-refractivity contribution is 0.0954. The SMILES string of the molecule is COc1cc(C(=O)N/N=C/c2cc(OC)c(N3CCCC3)cc2OC)ccc1I. The Morgan fingerprint density at radius 2 is 1.72 bits per heavy atom. The molecule has 1 heterocycles. The Hall–Kier alpha value is -2.49. The van der Waals surface area contributed by atoms with Gasteiger partial charge in [-0.15, -0.1) is 0 Å². The number of ether oxygens (including phenoxy) is 3. The second kappa shape index (κ2) is 9.82. The van der Waals surface area contributed by atoms with Crippen LogP contribution in [0.5, 0.6) is 17.2 Å². The number of carbonyl (C=O) groups is 1. The van der Waals surface area contributed by atoms with Crippen molar-refractivity contribution >= 4 is 40.4 Å².